The maximum atomic E-state index is 12.5. The number of hydrogen-bond donors (Lipinski definition) is 0. The Labute approximate surface area is 274 Å². The number of ether oxygens (including phenoxy) is 1. The number of amides is 1. The predicted octanol–water partition coefficient (Wildman–Crippen LogP) is 8.32. The topological polar surface area (TPSA) is 64.4 Å². The number of fused-ring (bicyclic) bond motifs is 1. The van der Waals surface area contributed by atoms with E-state index in [1.807, 2.05) is 19.1 Å². The number of likely N-dealkylation sites (tertiary alicyclic amines) is 1. The first-order valence-corrected chi connectivity index (χ1v) is 16.9. The summed E-state index contributed by atoms with van der Waals surface area (Å²) in [6.07, 6.45) is 19.6. The number of esters is 1. The van der Waals surface area contributed by atoms with Crippen molar-refractivity contribution < 1.29 is 14.3 Å². The SMILES string of the molecule is C=C/C=C\C(=C/Cc1cccc2c1C(CC(=C)/C(C)=C\C(=C)C1CCN(C(=O)C3CC3)CC1)CC2)n1ncc(C(=O)OCC)c1C. The maximum Gasteiger partial charge on any atom is 0.341 e. The Bertz CT molecular complexity index is 1590. The van der Waals surface area contributed by atoms with Crippen LogP contribution < -0.4 is 0 Å². The molecule has 1 aromatic heterocycles. The summed E-state index contributed by atoms with van der Waals surface area (Å²) < 4.78 is 7.02. The quantitative estimate of drug-likeness (QED) is 0.167. The minimum atomic E-state index is -0.360. The zero-order valence-corrected chi connectivity index (χ0v) is 27.9. The van der Waals surface area contributed by atoms with Gasteiger partial charge in [0.05, 0.1) is 24.2 Å². The lowest BCUT2D eigenvalue weighted by molar-refractivity contribution is -0.133. The Hall–Kier alpha value is -4.19. The monoisotopic (exact) mass is 619 g/mol. The van der Waals surface area contributed by atoms with Crippen LogP contribution in [-0.4, -0.2) is 46.3 Å². The van der Waals surface area contributed by atoms with Crippen LogP contribution in [0.4, 0.5) is 0 Å². The van der Waals surface area contributed by atoms with E-state index in [9.17, 15) is 9.59 Å². The number of hydrogen-bond acceptors (Lipinski definition) is 4. The summed E-state index contributed by atoms with van der Waals surface area (Å²) in [6, 6.07) is 6.66. The minimum absolute atomic E-state index is 0.297. The normalized spacial score (nSPS) is 18.9. The van der Waals surface area contributed by atoms with Gasteiger partial charge in [0, 0.05) is 19.0 Å². The van der Waals surface area contributed by atoms with Crippen LogP contribution in [0, 0.1) is 18.8 Å². The summed E-state index contributed by atoms with van der Waals surface area (Å²) in [6.45, 7) is 20.7. The van der Waals surface area contributed by atoms with Crippen molar-refractivity contribution in [2.75, 3.05) is 19.7 Å². The van der Waals surface area contributed by atoms with Crippen molar-refractivity contribution in [2.24, 2.45) is 11.8 Å². The largest absolute Gasteiger partial charge is 0.462 e. The fourth-order valence-corrected chi connectivity index (χ4v) is 6.97. The summed E-state index contributed by atoms with van der Waals surface area (Å²) in [4.78, 5) is 27.0. The first-order chi connectivity index (χ1) is 22.2. The summed E-state index contributed by atoms with van der Waals surface area (Å²) in [5, 5.41) is 4.53. The lowest BCUT2D eigenvalue weighted by Crippen LogP contribution is -2.39. The Balaban J connectivity index is 1.27. The molecule has 2 fully saturated rings. The van der Waals surface area contributed by atoms with Crippen molar-refractivity contribution in [1.82, 2.24) is 14.7 Å². The number of carbonyl (C=O) groups excluding carboxylic acids is 2. The third-order valence-corrected chi connectivity index (χ3v) is 9.85. The smallest absolute Gasteiger partial charge is 0.341 e. The molecule has 2 aromatic rings. The number of aromatic nitrogens is 2. The molecule has 1 unspecified atom stereocenters. The molecule has 0 spiro atoms. The highest BCUT2D eigenvalue weighted by atomic mass is 16.5. The molecule has 1 saturated heterocycles. The zero-order chi connectivity index (χ0) is 32.8. The molecule has 6 nitrogen and oxygen atoms in total. The van der Waals surface area contributed by atoms with Crippen LogP contribution in [0.15, 0.2) is 91.2 Å². The summed E-state index contributed by atoms with van der Waals surface area (Å²) in [7, 11) is 0. The Morgan fingerprint density at radius 1 is 1.09 bits per heavy atom. The lowest BCUT2D eigenvalue weighted by Gasteiger charge is -2.32. The highest BCUT2D eigenvalue weighted by Crippen LogP contribution is 2.41. The fraction of sp³-hybridized carbons (Fsp3) is 0.425. The van der Waals surface area contributed by atoms with Crippen LogP contribution >= 0.6 is 0 Å². The van der Waals surface area contributed by atoms with Gasteiger partial charge in [-0.05, 0) is 112 Å². The van der Waals surface area contributed by atoms with Crippen molar-refractivity contribution >= 4 is 17.6 Å². The summed E-state index contributed by atoms with van der Waals surface area (Å²) >= 11 is 0. The van der Waals surface area contributed by atoms with Crippen molar-refractivity contribution in [3.05, 3.63) is 119 Å². The number of nitrogens with zero attached hydrogens (tertiary/aromatic N) is 3. The lowest BCUT2D eigenvalue weighted by atomic mass is 9.85. The second-order valence-electron chi connectivity index (χ2n) is 13.0. The van der Waals surface area contributed by atoms with Crippen LogP contribution in [0.2, 0.25) is 0 Å². The van der Waals surface area contributed by atoms with Gasteiger partial charge >= 0.3 is 5.97 Å². The Kier molecular flexibility index (Phi) is 10.8. The molecule has 1 amide bonds. The molecule has 0 radical (unpaired) electrons. The summed E-state index contributed by atoms with van der Waals surface area (Å²) in [5.41, 5.74) is 9.80. The number of carbonyl (C=O) groups is 2. The van der Waals surface area contributed by atoms with E-state index in [1.165, 1.54) is 27.8 Å². The van der Waals surface area contributed by atoms with Gasteiger partial charge in [-0.2, -0.15) is 5.10 Å². The maximum absolute atomic E-state index is 12.5. The van der Waals surface area contributed by atoms with Crippen molar-refractivity contribution in [2.45, 2.75) is 78.1 Å². The zero-order valence-electron chi connectivity index (χ0n) is 27.9. The van der Waals surface area contributed by atoms with Crippen LogP contribution in [0.25, 0.3) is 5.70 Å². The molecule has 0 bridgehead atoms. The van der Waals surface area contributed by atoms with Gasteiger partial charge in [0.15, 0.2) is 0 Å². The van der Waals surface area contributed by atoms with E-state index in [0.717, 1.165) is 81.4 Å². The second kappa shape index (κ2) is 14.9. The van der Waals surface area contributed by atoms with Gasteiger partial charge in [0.2, 0.25) is 5.91 Å². The predicted molar refractivity (Wildman–Crippen MR) is 186 cm³/mol. The van der Waals surface area contributed by atoms with E-state index in [2.05, 4.69) is 67.0 Å². The van der Waals surface area contributed by atoms with Gasteiger partial charge in [-0.25, -0.2) is 9.48 Å². The number of rotatable bonds is 13. The summed E-state index contributed by atoms with van der Waals surface area (Å²) in [5.74, 6) is 1.13. The van der Waals surface area contributed by atoms with Crippen molar-refractivity contribution in [1.29, 1.82) is 0 Å². The molecular weight excluding hydrogens is 570 g/mol. The molecule has 1 saturated carbocycles. The van der Waals surface area contributed by atoms with Gasteiger partial charge in [0.25, 0.3) is 0 Å². The first-order valence-electron chi connectivity index (χ1n) is 16.9. The highest BCUT2D eigenvalue weighted by molar-refractivity contribution is 5.90. The molecule has 1 aliphatic heterocycles. The van der Waals surface area contributed by atoms with Gasteiger partial charge in [-0.1, -0.05) is 73.4 Å². The Morgan fingerprint density at radius 2 is 1.85 bits per heavy atom. The minimum Gasteiger partial charge on any atom is -0.462 e. The van der Waals surface area contributed by atoms with E-state index in [-0.39, 0.29) is 5.97 Å². The molecule has 3 aliphatic rings. The average molecular weight is 620 g/mol. The van der Waals surface area contributed by atoms with E-state index in [1.54, 1.807) is 23.9 Å². The van der Waals surface area contributed by atoms with E-state index >= 15 is 0 Å². The van der Waals surface area contributed by atoms with E-state index < -0.39 is 0 Å². The number of piperidine rings is 1. The number of aryl methyl sites for hydroxylation is 1. The second-order valence-corrected chi connectivity index (χ2v) is 13.0. The first kappa shape index (κ1) is 33.2. The highest BCUT2D eigenvalue weighted by Gasteiger charge is 2.35. The van der Waals surface area contributed by atoms with Gasteiger partial charge in [-0.3, -0.25) is 4.79 Å². The molecule has 2 heterocycles. The van der Waals surface area contributed by atoms with Gasteiger partial charge < -0.3 is 9.64 Å². The van der Waals surface area contributed by atoms with Crippen LogP contribution in [0.3, 0.4) is 0 Å². The molecule has 6 heteroatoms. The molecule has 242 valence electrons. The molecular formula is C40H49N3O3. The molecule has 2 aliphatic carbocycles. The molecule has 1 atom stereocenters. The van der Waals surface area contributed by atoms with Crippen LogP contribution in [-0.2, 0) is 22.4 Å². The number of allylic oxidation sites excluding steroid dienone is 9. The molecule has 5 rings (SSSR count). The Morgan fingerprint density at radius 3 is 2.54 bits per heavy atom. The van der Waals surface area contributed by atoms with Crippen LogP contribution in [0.5, 0.6) is 0 Å². The van der Waals surface area contributed by atoms with Crippen LogP contribution in [0.1, 0.15) is 91.0 Å². The van der Waals surface area contributed by atoms with Crippen molar-refractivity contribution in [3.63, 3.8) is 0 Å². The standard InChI is InChI=1S/C40H49N3O3/c1-7-9-13-36(43-30(6)37(26-41-43)40(45)46-8-2)19-18-33-12-10-11-32-14-17-35(38(32)33)25-28(4)27(3)24-29(5)31-20-22-42(23-21-31)39(44)34-15-16-34/h7,9-13,19,24,26,31,34-35H,1,4-5,8,14-18,20-23,25H2,2-3,6H3/b13-9-,27-24-,36-19+. The molecule has 0 N–H and O–H groups in total. The van der Waals surface area contributed by atoms with Gasteiger partial charge in [0.1, 0.15) is 5.56 Å². The third-order valence-electron chi connectivity index (χ3n) is 9.85. The van der Waals surface area contributed by atoms with E-state index in [0.29, 0.717) is 35.8 Å². The average Bonchev–Trinajstić information content (AvgIpc) is 3.72. The number of benzene rings is 1. The third kappa shape index (κ3) is 7.60. The fourth-order valence-electron chi connectivity index (χ4n) is 6.97. The molecule has 46 heavy (non-hydrogen) atoms. The van der Waals surface area contributed by atoms with E-state index in [4.69, 9.17) is 4.74 Å². The molecule has 1 aromatic carbocycles. The van der Waals surface area contributed by atoms with Gasteiger partial charge in [-0.15, -0.1) is 0 Å². The van der Waals surface area contributed by atoms with Crippen molar-refractivity contribution in [3.8, 4) is 0 Å².